The zero-order valence-electron chi connectivity index (χ0n) is 19.7. The molecule has 1 aliphatic rings. The van der Waals surface area contributed by atoms with Gasteiger partial charge in [0.25, 0.3) is 5.78 Å². The van der Waals surface area contributed by atoms with Gasteiger partial charge in [-0.2, -0.15) is 0 Å². The second-order valence-electron chi connectivity index (χ2n) is 8.65. The number of carbonyl (C=O) groups is 2. The van der Waals surface area contributed by atoms with Gasteiger partial charge >= 0.3 is 5.91 Å². The number of pyridine rings is 1. The highest BCUT2D eigenvalue weighted by Gasteiger charge is 2.49. The lowest BCUT2D eigenvalue weighted by Crippen LogP contribution is -2.29. The maximum Gasteiger partial charge on any atom is 0.301 e. The van der Waals surface area contributed by atoms with Gasteiger partial charge in [0.2, 0.25) is 0 Å². The molecule has 36 heavy (non-hydrogen) atoms. The second kappa shape index (κ2) is 9.37. The van der Waals surface area contributed by atoms with Gasteiger partial charge in [-0.15, -0.1) is 0 Å². The number of aliphatic hydroxyl groups excluding tert-OH is 1. The largest absolute Gasteiger partial charge is 0.507 e. The number of amides is 1. The summed E-state index contributed by atoms with van der Waals surface area (Å²) in [4.78, 5) is 37.2. The van der Waals surface area contributed by atoms with Crippen molar-refractivity contribution in [2.24, 2.45) is 0 Å². The van der Waals surface area contributed by atoms with Gasteiger partial charge in [-0.1, -0.05) is 48.9 Å². The first-order chi connectivity index (χ1) is 17.3. The monoisotopic (exact) mass is 519 g/mol. The Hall–Kier alpha value is -3.75. The van der Waals surface area contributed by atoms with Gasteiger partial charge in [0.15, 0.2) is 5.13 Å². The van der Waals surface area contributed by atoms with Gasteiger partial charge in [0.1, 0.15) is 17.6 Å². The summed E-state index contributed by atoms with van der Waals surface area (Å²) in [5, 5.41) is 12.1. The van der Waals surface area contributed by atoms with E-state index in [0.717, 1.165) is 15.8 Å². The van der Waals surface area contributed by atoms with Crippen LogP contribution < -0.4 is 9.64 Å². The van der Waals surface area contributed by atoms with Crippen LogP contribution in [0.1, 0.15) is 42.6 Å². The quantitative estimate of drug-likeness (QED) is 0.194. The smallest absolute Gasteiger partial charge is 0.301 e. The fourth-order valence-corrected chi connectivity index (χ4v) is 5.46. The molecule has 1 saturated heterocycles. The van der Waals surface area contributed by atoms with Crippen LogP contribution in [0.3, 0.4) is 0 Å². The van der Waals surface area contributed by atoms with Crippen molar-refractivity contribution in [1.82, 2.24) is 9.97 Å². The van der Waals surface area contributed by atoms with Gasteiger partial charge in [-0.05, 0) is 53.9 Å². The van der Waals surface area contributed by atoms with Gasteiger partial charge in [-0.3, -0.25) is 19.5 Å². The highest BCUT2D eigenvalue weighted by Crippen LogP contribution is 2.45. The van der Waals surface area contributed by atoms with Crippen LogP contribution in [0.25, 0.3) is 16.0 Å². The number of benzene rings is 2. The highest BCUT2D eigenvalue weighted by molar-refractivity contribution is 7.22. The van der Waals surface area contributed by atoms with Crippen LogP contribution in [0.15, 0.2) is 66.4 Å². The van der Waals surface area contributed by atoms with E-state index in [1.165, 1.54) is 29.4 Å². The number of aliphatic hydroxyl groups is 1. The number of aromatic nitrogens is 2. The maximum atomic E-state index is 13.4. The number of hydrogen-bond acceptors (Lipinski definition) is 7. The van der Waals surface area contributed by atoms with Crippen LogP contribution >= 0.6 is 22.9 Å². The van der Waals surface area contributed by atoms with Crippen LogP contribution in [0, 0.1) is 0 Å². The zero-order chi connectivity index (χ0) is 25.6. The van der Waals surface area contributed by atoms with Crippen LogP contribution in [0.5, 0.6) is 5.75 Å². The molecule has 3 heterocycles. The van der Waals surface area contributed by atoms with Gasteiger partial charge < -0.3 is 9.84 Å². The summed E-state index contributed by atoms with van der Waals surface area (Å²) < 4.78 is 6.27. The van der Waals surface area contributed by atoms with Crippen LogP contribution in [-0.2, 0) is 9.59 Å². The third-order valence-corrected chi connectivity index (χ3v) is 7.36. The number of rotatable bonds is 5. The van der Waals surface area contributed by atoms with E-state index in [1.807, 2.05) is 18.2 Å². The lowest BCUT2D eigenvalue weighted by Gasteiger charge is -2.22. The van der Waals surface area contributed by atoms with E-state index in [2.05, 4.69) is 23.8 Å². The molecular formula is C27H22ClN3O4S. The van der Waals surface area contributed by atoms with Crippen LogP contribution in [0.2, 0.25) is 5.02 Å². The predicted molar refractivity (Wildman–Crippen MR) is 141 cm³/mol. The predicted octanol–water partition coefficient (Wildman–Crippen LogP) is 6.10. The van der Waals surface area contributed by atoms with E-state index in [9.17, 15) is 14.7 Å². The third kappa shape index (κ3) is 4.02. The molecular weight excluding hydrogens is 498 g/mol. The first-order valence-electron chi connectivity index (χ1n) is 11.3. The summed E-state index contributed by atoms with van der Waals surface area (Å²) in [6.07, 6.45) is 1.57. The number of anilines is 1. The summed E-state index contributed by atoms with van der Waals surface area (Å²) >= 11 is 7.49. The second-order valence-corrected chi connectivity index (χ2v) is 10.1. The molecule has 7 nitrogen and oxygen atoms in total. The Labute approximate surface area is 216 Å². The number of thiazole rings is 1. The first kappa shape index (κ1) is 24.0. The molecule has 1 N–H and O–H groups in total. The Kier molecular flexibility index (Phi) is 6.24. The third-order valence-electron chi connectivity index (χ3n) is 6.10. The molecule has 0 bridgehead atoms. The number of nitrogens with zero attached hydrogens (tertiary/aromatic N) is 3. The van der Waals surface area contributed by atoms with Gasteiger partial charge in [0, 0.05) is 11.2 Å². The molecule has 2 aromatic heterocycles. The minimum Gasteiger partial charge on any atom is -0.507 e. The Morgan fingerprint density at radius 3 is 2.64 bits per heavy atom. The normalized spacial score (nSPS) is 17.4. The van der Waals surface area contributed by atoms with Crippen molar-refractivity contribution >= 4 is 55.7 Å². The fraction of sp³-hybridized carbons (Fsp3) is 0.185. The topological polar surface area (TPSA) is 92.6 Å². The SMILES string of the molecule is COc1ccc(Cl)cc1/C(O)=C1\C(=O)C(=O)N(c2nc3ccc(C(C)C)cc3s2)C1c1ccccn1. The number of methoxy groups -OCH3 is 1. The van der Waals surface area contributed by atoms with E-state index in [1.54, 1.807) is 36.5 Å². The number of halogens is 1. The van der Waals surface area contributed by atoms with Crippen LogP contribution in [0.4, 0.5) is 5.13 Å². The van der Waals surface area contributed by atoms with Crippen molar-refractivity contribution < 1.29 is 19.4 Å². The van der Waals surface area contributed by atoms with Crippen molar-refractivity contribution in [3.63, 3.8) is 0 Å². The molecule has 0 aliphatic carbocycles. The summed E-state index contributed by atoms with van der Waals surface area (Å²) in [6.45, 7) is 4.21. The number of fused-ring (bicyclic) bond motifs is 1. The van der Waals surface area contributed by atoms with E-state index in [4.69, 9.17) is 16.3 Å². The Balaban J connectivity index is 1.73. The lowest BCUT2D eigenvalue weighted by atomic mass is 9.98. The van der Waals surface area contributed by atoms with Crippen LogP contribution in [-0.4, -0.2) is 33.9 Å². The van der Waals surface area contributed by atoms with Crippen molar-refractivity contribution in [3.05, 3.63) is 88.2 Å². The molecule has 1 unspecified atom stereocenters. The Morgan fingerprint density at radius 2 is 1.94 bits per heavy atom. The summed E-state index contributed by atoms with van der Waals surface area (Å²) in [5.41, 5.74) is 2.38. The van der Waals surface area contributed by atoms with E-state index in [-0.39, 0.29) is 11.1 Å². The zero-order valence-corrected chi connectivity index (χ0v) is 21.3. The molecule has 5 rings (SSSR count). The average Bonchev–Trinajstić information content (AvgIpc) is 3.41. The summed E-state index contributed by atoms with van der Waals surface area (Å²) in [7, 11) is 1.45. The standard InChI is InChI=1S/C27H22ClN3O4S/c1-14(2)15-7-9-18-21(12-15)36-27(30-18)31-23(19-6-4-5-11-29-19)22(25(33)26(31)34)24(32)17-13-16(28)8-10-20(17)35-3/h4-14,23,32H,1-3H3/b24-22+. The maximum absolute atomic E-state index is 13.4. The minimum absolute atomic E-state index is 0.110. The Bertz CT molecular complexity index is 1530. The molecule has 0 saturated carbocycles. The van der Waals surface area contributed by atoms with E-state index < -0.39 is 23.5 Å². The number of ether oxygens (including phenoxy) is 1. The molecule has 4 aromatic rings. The first-order valence-corrected chi connectivity index (χ1v) is 12.5. The molecule has 182 valence electrons. The fourth-order valence-electron chi connectivity index (χ4n) is 4.25. The van der Waals surface area contributed by atoms with Crippen molar-refractivity contribution in [3.8, 4) is 5.75 Å². The van der Waals surface area contributed by atoms with Crippen molar-refractivity contribution in [2.45, 2.75) is 25.8 Å². The van der Waals surface area contributed by atoms with Gasteiger partial charge in [-0.25, -0.2) is 4.98 Å². The molecule has 0 spiro atoms. The molecule has 2 aromatic carbocycles. The van der Waals surface area contributed by atoms with Crippen molar-refractivity contribution in [2.75, 3.05) is 12.0 Å². The minimum atomic E-state index is -0.986. The average molecular weight is 520 g/mol. The van der Waals surface area contributed by atoms with E-state index >= 15 is 0 Å². The van der Waals surface area contributed by atoms with Gasteiger partial charge in [0.05, 0.1) is 34.2 Å². The highest BCUT2D eigenvalue weighted by atomic mass is 35.5. The lowest BCUT2D eigenvalue weighted by molar-refractivity contribution is -0.132. The Morgan fingerprint density at radius 1 is 1.14 bits per heavy atom. The number of hydrogen-bond donors (Lipinski definition) is 1. The summed E-state index contributed by atoms with van der Waals surface area (Å²) in [6, 6.07) is 14.9. The number of Topliss-reactive ketones (excluding diaryl/α,β-unsaturated/α-hetero) is 1. The number of ketones is 1. The van der Waals surface area contributed by atoms with Crippen molar-refractivity contribution in [1.29, 1.82) is 0 Å². The molecule has 0 radical (unpaired) electrons. The van der Waals surface area contributed by atoms with E-state index in [0.29, 0.717) is 27.5 Å². The summed E-state index contributed by atoms with van der Waals surface area (Å²) in [5.74, 6) is -1.39. The number of carbonyl (C=O) groups excluding carboxylic acids is 2. The molecule has 1 aliphatic heterocycles. The molecule has 9 heteroatoms. The molecule has 1 fully saturated rings. The molecule has 1 atom stereocenters. The molecule has 1 amide bonds.